The van der Waals surface area contributed by atoms with E-state index < -0.39 is 0 Å². The Balaban J connectivity index is 1.48. The number of nitrogens with one attached hydrogen (secondary N) is 1. The lowest BCUT2D eigenvalue weighted by atomic mass is 10.2. The number of nitrogens with zero attached hydrogens (tertiary/aromatic N) is 3. The van der Waals surface area contributed by atoms with Gasteiger partial charge >= 0.3 is 0 Å². The Labute approximate surface area is 212 Å². The molecule has 0 saturated heterocycles. The van der Waals surface area contributed by atoms with Crippen molar-refractivity contribution in [3.63, 3.8) is 0 Å². The van der Waals surface area contributed by atoms with E-state index in [1.54, 1.807) is 26.2 Å². The monoisotopic (exact) mass is 559 g/mol. The van der Waals surface area contributed by atoms with Gasteiger partial charge in [-0.3, -0.25) is 4.79 Å². The zero-order valence-electron chi connectivity index (χ0n) is 18.1. The number of amides is 1. The number of rotatable bonds is 7. The molecule has 4 rings (SSSR count). The van der Waals surface area contributed by atoms with Crippen LogP contribution in [0.3, 0.4) is 0 Å². The van der Waals surface area contributed by atoms with Gasteiger partial charge in [-0.1, -0.05) is 29.8 Å². The van der Waals surface area contributed by atoms with Crippen LogP contribution in [0.15, 0.2) is 52.3 Å². The van der Waals surface area contributed by atoms with Crippen LogP contribution in [0.1, 0.15) is 26.4 Å². The van der Waals surface area contributed by atoms with E-state index in [-0.39, 0.29) is 12.5 Å². The summed E-state index contributed by atoms with van der Waals surface area (Å²) in [5.41, 5.74) is 10.7. The van der Waals surface area contributed by atoms with Crippen molar-refractivity contribution < 1.29 is 14.3 Å². The van der Waals surface area contributed by atoms with E-state index in [2.05, 4.69) is 36.4 Å². The summed E-state index contributed by atoms with van der Waals surface area (Å²) in [4.78, 5) is 22.0. The van der Waals surface area contributed by atoms with Crippen LogP contribution in [0.25, 0.3) is 10.2 Å². The van der Waals surface area contributed by atoms with E-state index in [0.29, 0.717) is 47.5 Å². The number of fused-ring (bicyclic) bond motifs is 1. The van der Waals surface area contributed by atoms with Gasteiger partial charge in [0.15, 0.2) is 11.5 Å². The van der Waals surface area contributed by atoms with E-state index in [0.717, 1.165) is 11.1 Å². The van der Waals surface area contributed by atoms with E-state index in [9.17, 15) is 4.79 Å². The number of nitrogens with two attached hydrogens (primary N) is 1. The molecule has 11 heteroatoms. The third-order valence-electron chi connectivity index (χ3n) is 4.92. The van der Waals surface area contributed by atoms with Crippen LogP contribution >= 0.6 is 38.9 Å². The molecule has 2 aromatic heterocycles. The number of hydrogen-bond donors (Lipinski definition) is 2. The highest BCUT2D eigenvalue weighted by Crippen LogP contribution is 2.37. The van der Waals surface area contributed by atoms with E-state index in [1.165, 1.54) is 23.9 Å². The molecular formula is C23H19BrClN5O3S. The number of hydrogen-bond acceptors (Lipinski definition) is 8. The van der Waals surface area contributed by atoms with Crippen LogP contribution in [0.2, 0.25) is 5.02 Å². The first kappa shape index (κ1) is 23.9. The summed E-state index contributed by atoms with van der Waals surface area (Å²) in [6.45, 7) is 2.09. The van der Waals surface area contributed by atoms with Gasteiger partial charge in [-0.05, 0) is 52.2 Å². The first-order chi connectivity index (χ1) is 16.4. The number of aromatic nitrogens is 2. The number of thiophene rings is 1. The Hall–Kier alpha value is -3.21. The van der Waals surface area contributed by atoms with Crippen molar-refractivity contribution in [3.05, 3.63) is 73.8 Å². The number of nitrogen functional groups attached to an aromatic ring is 1. The summed E-state index contributed by atoms with van der Waals surface area (Å²) in [5, 5.41) is 5.39. The predicted octanol–water partition coefficient (Wildman–Crippen LogP) is 5.35. The fourth-order valence-electron chi connectivity index (χ4n) is 3.25. The van der Waals surface area contributed by atoms with Crippen molar-refractivity contribution in [1.29, 1.82) is 0 Å². The van der Waals surface area contributed by atoms with E-state index >= 15 is 0 Å². The SMILES string of the molecule is COc1cc(/C=N\NC(=O)c2sc3ncnc(N)c3c2C)cc(Br)c1OCc1ccccc1Cl. The molecule has 3 N–H and O–H groups in total. The predicted molar refractivity (Wildman–Crippen MR) is 138 cm³/mol. The first-order valence-corrected chi connectivity index (χ1v) is 11.9. The smallest absolute Gasteiger partial charge is 0.281 e. The number of aryl methyl sites for hydroxylation is 1. The van der Waals surface area contributed by atoms with E-state index in [4.69, 9.17) is 26.8 Å². The van der Waals surface area contributed by atoms with Gasteiger partial charge in [-0.2, -0.15) is 5.10 Å². The van der Waals surface area contributed by atoms with Crippen molar-refractivity contribution >= 4 is 67.0 Å². The fraction of sp³-hybridized carbons (Fsp3) is 0.130. The van der Waals surface area contributed by atoms with Gasteiger partial charge in [0.05, 0.1) is 28.1 Å². The molecule has 4 aromatic rings. The van der Waals surface area contributed by atoms with Crippen molar-refractivity contribution in [2.24, 2.45) is 5.10 Å². The highest BCUT2D eigenvalue weighted by atomic mass is 79.9. The molecule has 0 atom stereocenters. The van der Waals surface area contributed by atoms with Crippen LogP contribution in [-0.2, 0) is 6.61 Å². The van der Waals surface area contributed by atoms with Gasteiger partial charge < -0.3 is 15.2 Å². The zero-order chi connectivity index (χ0) is 24.2. The number of benzene rings is 2. The Morgan fingerprint density at radius 3 is 2.85 bits per heavy atom. The second-order valence-electron chi connectivity index (χ2n) is 7.11. The molecule has 2 aromatic carbocycles. The number of carbonyl (C=O) groups is 1. The number of hydrazone groups is 1. The van der Waals surface area contributed by atoms with Crippen molar-refractivity contribution in [3.8, 4) is 11.5 Å². The maximum Gasteiger partial charge on any atom is 0.281 e. The molecule has 0 spiro atoms. The third kappa shape index (κ3) is 4.98. The standard InChI is InChI=1S/C23H19BrClN5O3S/c1-12-18-21(26)27-11-28-23(18)34-20(12)22(31)30-29-9-13-7-15(24)19(17(8-13)32-2)33-10-14-5-3-4-6-16(14)25/h3-9,11H,10H2,1-2H3,(H,30,31)(H2,26,27,28)/b29-9-. The van der Waals surface area contributed by atoms with Crippen molar-refractivity contribution in [2.75, 3.05) is 12.8 Å². The average Bonchev–Trinajstić information content (AvgIpc) is 3.16. The second-order valence-corrected chi connectivity index (χ2v) is 9.37. The van der Waals surface area contributed by atoms with Crippen LogP contribution in [0, 0.1) is 6.92 Å². The molecule has 0 aliphatic rings. The minimum atomic E-state index is -0.359. The molecule has 174 valence electrons. The number of anilines is 1. The van der Waals surface area contributed by atoms with Crippen molar-refractivity contribution in [2.45, 2.75) is 13.5 Å². The summed E-state index contributed by atoms with van der Waals surface area (Å²) in [6.07, 6.45) is 2.89. The van der Waals surface area contributed by atoms with E-state index in [1.807, 2.05) is 24.3 Å². The Bertz CT molecular complexity index is 1410. The molecule has 0 aliphatic heterocycles. The number of carbonyl (C=O) groups excluding carboxylic acids is 1. The summed E-state index contributed by atoms with van der Waals surface area (Å²) in [6, 6.07) is 11.0. The molecule has 8 nitrogen and oxygen atoms in total. The van der Waals surface area contributed by atoms with Crippen molar-refractivity contribution in [1.82, 2.24) is 15.4 Å². The van der Waals surface area contributed by atoms with Gasteiger partial charge in [-0.15, -0.1) is 11.3 Å². The highest BCUT2D eigenvalue weighted by Gasteiger charge is 2.18. The molecule has 0 fully saturated rings. The van der Waals surface area contributed by atoms with Gasteiger partial charge in [0.1, 0.15) is 23.6 Å². The Morgan fingerprint density at radius 1 is 1.32 bits per heavy atom. The van der Waals surface area contributed by atoms with Crippen LogP contribution in [0.4, 0.5) is 5.82 Å². The lowest BCUT2D eigenvalue weighted by molar-refractivity contribution is 0.0958. The molecule has 0 saturated carbocycles. The molecule has 34 heavy (non-hydrogen) atoms. The minimum absolute atomic E-state index is 0.279. The average molecular weight is 561 g/mol. The topological polar surface area (TPSA) is 112 Å². The van der Waals surface area contributed by atoms with Crippen LogP contribution < -0.4 is 20.6 Å². The van der Waals surface area contributed by atoms with Crippen LogP contribution in [-0.4, -0.2) is 29.2 Å². The summed E-state index contributed by atoms with van der Waals surface area (Å²) < 4.78 is 12.1. The maximum atomic E-state index is 12.7. The fourth-order valence-corrected chi connectivity index (χ4v) is 5.06. The normalized spacial score (nSPS) is 11.2. The first-order valence-electron chi connectivity index (χ1n) is 9.95. The van der Waals surface area contributed by atoms with Gasteiger partial charge in [0.2, 0.25) is 0 Å². The molecular weight excluding hydrogens is 542 g/mol. The Morgan fingerprint density at radius 2 is 2.12 bits per heavy atom. The third-order valence-corrected chi connectivity index (χ3v) is 7.08. The summed E-state index contributed by atoms with van der Waals surface area (Å²) >= 11 is 11.0. The quantitative estimate of drug-likeness (QED) is 0.233. The summed E-state index contributed by atoms with van der Waals surface area (Å²) in [5.74, 6) is 1.02. The zero-order valence-corrected chi connectivity index (χ0v) is 21.3. The number of halogens is 2. The maximum absolute atomic E-state index is 12.7. The lowest BCUT2D eigenvalue weighted by Crippen LogP contribution is -2.17. The minimum Gasteiger partial charge on any atom is -0.493 e. The molecule has 2 heterocycles. The highest BCUT2D eigenvalue weighted by molar-refractivity contribution is 9.10. The molecule has 0 unspecified atom stereocenters. The molecule has 1 amide bonds. The van der Waals surface area contributed by atoms with Crippen LogP contribution in [0.5, 0.6) is 11.5 Å². The number of methoxy groups -OCH3 is 1. The van der Waals surface area contributed by atoms with Gasteiger partial charge in [0.25, 0.3) is 5.91 Å². The second kappa shape index (κ2) is 10.4. The summed E-state index contributed by atoms with van der Waals surface area (Å²) in [7, 11) is 1.55. The van der Waals surface area contributed by atoms with Gasteiger partial charge in [-0.25, -0.2) is 15.4 Å². The molecule has 0 aliphatic carbocycles. The Kier molecular flexibility index (Phi) is 7.30. The lowest BCUT2D eigenvalue weighted by Gasteiger charge is -2.14. The van der Waals surface area contributed by atoms with Gasteiger partial charge in [0, 0.05) is 10.6 Å². The molecule has 0 radical (unpaired) electrons. The molecule has 0 bridgehead atoms. The largest absolute Gasteiger partial charge is 0.493 e. The number of ether oxygens (including phenoxy) is 2.